The van der Waals surface area contributed by atoms with Crippen LogP contribution in [0.4, 0.5) is 5.69 Å². The molecule has 1 N–H and O–H groups in total. The van der Waals surface area contributed by atoms with Gasteiger partial charge >= 0.3 is 0 Å². The van der Waals surface area contributed by atoms with E-state index >= 15 is 0 Å². The number of carbonyl (C=O) groups is 1. The molecule has 150 valence electrons. The van der Waals surface area contributed by atoms with Crippen molar-refractivity contribution in [2.24, 2.45) is 0 Å². The highest BCUT2D eigenvalue weighted by atomic mass is 16.5. The predicted molar refractivity (Wildman–Crippen MR) is 115 cm³/mol. The third kappa shape index (κ3) is 5.08. The molecule has 0 aliphatic rings. The second kappa shape index (κ2) is 9.64. The molecular weight excluding hydrogens is 366 g/mol. The number of aryl methyl sites for hydroxylation is 1. The Labute approximate surface area is 171 Å². The maximum Gasteiger partial charge on any atom is 0.227 e. The first kappa shape index (κ1) is 20.3. The summed E-state index contributed by atoms with van der Waals surface area (Å²) in [5.41, 5.74) is 3.67. The van der Waals surface area contributed by atoms with E-state index in [1.807, 2.05) is 67.6 Å². The molecule has 0 aliphatic heterocycles. The van der Waals surface area contributed by atoms with Crippen LogP contribution in [0.3, 0.4) is 0 Å². The number of para-hydroxylation sites is 1. The van der Waals surface area contributed by atoms with Gasteiger partial charge in [0.2, 0.25) is 5.91 Å². The molecule has 29 heavy (non-hydrogen) atoms. The van der Waals surface area contributed by atoms with Gasteiger partial charge in [-0.1, -0.05) is 48.5 Å². The lowest BCUT2D eigenvalue weighted by Gasteiger charge is -2.14. The van der Waals surface area contributed by atoms with Crippen LogP contribution >= 0.6 is 0 Å². The number of hydrogen-bond donors (Lipinski definition) is 1. The van der Waals surface area contributed by atoms with Gasteiger partial charge in [0.15, 0.2) is 11.5 Å². The van der Waals surface area contributed by atoms with Gasteiger partial charge in [-0.15, -0.1) is 0 Å². The van der Waals surface area contributed by atoms with Crippen LogP contribution in [0.25, 0.3) is 11.1 Å². The summed E-state index contributed by atoms with van der Waals surface area (Å²) in [7, 11) is 3.15. The SMILES string of the molecule is COc1cc(C)c(NC(=O)CCOc2ccccc2-c2ccccc2)cc1OC. The number of nitrogens with one attached hydrogen (secondary N) is 1. The van der Waals surface area contributed by atoms with Crippen molar-refractivity contribution in [2.45, 2.75) is 13.3 Å². The largest absolute Gasteiger partial charge is 0.493 e. The minimum atomic E-state index is -0.127. The van der Waals surface area contributed by atoms with Gasteiger partial charge < -0.3 is 19.5 Å². The van der Waals surface area contributed by atoms with E-state index in [-0.39, 0.29) is 18.9 Å². The number of ether oxygens (including phenoxy) is 3. The number of benzene rings is 3. The van der Waals surface area contributed by atoms with Crippen molar-refractivity contribution in [2.75, 3.05) is 26.1 Å². The van der Waals surface area contributed by atoms with Crippen LogP contribution in [-0.4, -0.2) is 26.7 Å². The van der Waals surface area contributed by atoms with Crippen molar-refractivity contribution < 1.29 is 19.0 Å². The molecule has 0 spiro atoms. The average Bonchev–Trinajstić information content (AvgIpc) is 2.75. The number of hydrogen-bond acceptors (Lipinski definition) is 4. The third-order valence-corrected chi connectivity index (χ3v) is 4.56. The molecule has 5 heteroatoms. The van der Waals surface area contributed by atoms with E-state index in [2.05, 4.69) is 5.32 Å². The second-order valence-electron chi connectivity index (χ2n) is 6.53. The van der Waals surface area contributed by atoms with E-state index in [1.54, 1.807) is 20.3 Å². The van der Waals surface area contributed by atoms with Crippen LogP contribution in [0, 0.1) is 6.92 Å². The maximum atomic E-state index is 12.4. The molecule has 0 fully saturated rings. The molecule has 3 aromatic rings. The fourth-order valence-electron chi connectivity index (χ4n) is 3.03. The highest BCUT2D eigenvalue weighted by molar-refractivity contribution is 5.92. The smallest absolute Gasteiger partial charge is 0.227 e. The van der Waals surface area contributed by atoms with Crippen molar-refractivity contribution in [3.05, 3.63) is 72.3 Å². The molecule has 0 radical (unpaired) electrons. The van der Waals surface area contributed by atoms with Crippen molar-refractivity contribution in [3.63, 3.8) is 0 Å². The lowest BCUT2D eigenvalue weighted by Crippen LogP contribution is -2.16. The van der Waals surface area contributed by atoms with Crippen LogP contribution in [0.1, 0.15) is 12.0 Å². The van der Waals surface area contributed by atoms with Gasteiger partial charge in [0.25, 0.3) is 0 Å². The van der Waals surface area contributed by atoms with Gasteiger partial charge in [0.05, 0.1) is 27.2 Å². The first-order valence-electron chi connectivity index (χ1n) is 9.42. The minimum absolute atomic E-state index is 0.127. The molecule has 0 bridgehead atoms. The van der Waals surface area contributed by atoms with Crippen molar-refractivity contribution in [3.8, 4) is 28.4 Å². The van der Waals surface area contributed by atoms with Crippen LogP contribution < -0.4 is 19.5 Å². The van der Waals surface area contributed by atoms with E-state index in [0.29, 0.717) is 17.2 Å². The molecule has 3 rings (SSSR count). The molecule has 0 atom stereocenters. The lowest BCUT2D eigenvalue weighted by molar-refractivity contribution is -0.116. The number of carbonyl (C=O) groups excluding carboxylic acids is 1. The average molecular weight is 391 g/mol. The normalized spacial score (nSPS) is 10.3. The number of anilines is 1. The summed E-state index contributed by atoms with van der Waals surface area (Å²) < 4.78 is 16.5. The number of rotatable bonds is 8. The molecule has 0 aromatic heterocycles. The summed E-state index contributed by atoms with van der Waals surface area (Å²) in [4.78, 5) is 12.4. The van der Waals surface area contributed by atoms with Crippen LogP contribution in [-0.2, 0) is 4.79 Å². The standard InChI is InChI=1S/C24H25NO4/c1-17-15-22(27-2)23(28-3)16-20(17)25-24(26)13-14-29-21-12-8-7-11-19(21)18-9-5-4-6-10-18/h4-12,15-16H,13-14H2,1-3H3,(H,25,26). The Balaban J connectivity index is 1.62. The molecule has 1 amide bonds. The quantitative estimate of drug-likeness (QED) is 0.581. The summed E-state index contributed by atoms with van der Waals surface area (Å²) in [6, 6.07) is 21.5. The molecule has 0 saturated heterocycles. The molecule has 5 nitrogen and oxygen atoms in total. The van der Waals surface area contributed by atoms with Gasteiger partial charge in [-0.25, -0.2) is 0 Å². The Hall–Kier alpha value is -3.47. The molecular formula is C24H25NO4. The Morgan fingerprint density at radius 2 is 1.52 bits per heavy atom. The first-order chi connectivity index (χ1) is 14.1. The summed E-state index contributed by atoms with van der Waals surface area (Å²) in [5, 5.41) is 2.91. The van der Waals surface area contributed by atoms with E-state index in [0.717, 1.165) is 22.4 Å². The second-order valence-corrected chi connectivity index (χ2v) is 6.53. The van der Waals surface area contributed by atoms with Crippen molar-refractivity contribution in [1.29, 1.82) is 0 Å². The Kier molecular flexibility index (Phi) is 6.74. The number of amides is 1. The summed E-state index contributed by atoms with van der Waals surface area (Å²) in [5.74, 6) is 1.83. The van der Waals surface area contributed by atoms with Crippen LogP contribution in [0.5, 0.6) is 17.2 Å². The van der Waals surface area contributed by atoms with Gasteiger partial charge in [0.1, 0.15) is 5.75 Å². The number of methoxy groups -OCH3 is 2. The highest BCUT2D eigenvalue weighted by Crippen LogP contribution is 2.33. The Bertz CT molecular complexity index is 970. The summed E-state index contributed by atoms with van der Waals surface area (Å²) in [6.07, 6.45) is 0.233. The zero-order valence-electron chi connectivity index (χ0n) is 16.9. The van der Waals surface area contributed by atoms with Crippen molar-refractivity contribution in [1.82, 2.24) is 0 Å². The summed E-state index contributed by atoms with van der Waals surface area (Å²) in [6.45, 7) is 2.19. The van der Waals surface area contributed by atoms with Crippen LogP contribution in [0.15, 0.2) is 66.7 Å². The van der Waals surface area contributed by atoms with E-state index in [4.69, 9.17) is 14.2 Å². The topological polar surface area (TPSA) is 56.8 Å². The summed E-state index contributed by atoms with van der Waals surface area (Å²) >= 11 is 0. The Morgan fingerprint density at radius 3 is 2.24 bits per heavy atom. The molecule has 0 aliphatic carbocycles. The van der Waals surface area contributed by atoms with Crippen molar-refractivity contribution >= 4 is 11.6 Å². The minimum Gasteiger partial charge on any atom is -0.493 e. The first-order valence-corrected chi connectivity index (χ1v) is 9.42. The monoisotopic (exact) mass is 391 g/mol. The maximum absolute atomic E-state index is 12.4. The van der Waals surface area contributed by atoms with Gasteiger partial charge in [-0.2, -0.15) is 0 Å². The predicted octanol–water partition coefficient (Wildman–Crippen LogP) is 5.09. The van der Waals surface area contributed by atoms with E-state index < -0.39 is 0 Å². The fraction of sp³-hybridized carbons (Fsp3) is 0.208. The molecule has 3 aromatic carbocycles. The van der Waals surface area contributed by atoms with E-state index in [1.165, 1.54) is 0 Å². The van der Waals surface area contributed by atoms with Gasteiger partial charge in [-0.3, -0.25) is 4.79 Å². The van der Waals surface area contributed by atoms with Crippen LogP contribution in [0.2, 0.25) is 0 Å². The van der Waals surface area contributed by atoms with E-state index in [9.17, 15) is 4.79 Å². The lowest BCUT2D eigenvalue weighted by atomic mass is 10.1. The molecule has 0 unspecified atom stereocenters. The third-order valence-electron chi connectivity index (χ3n) is 4.56. The zero-order chi connectivity index (χ0) is 20.6. The van der Waals surface area contributed by atoms with Gasteiger partial charge in [0, 0.05) is 17.3 Å². The molecule has 0 heterocycles. The fourth-order valence-corrected chi connectivity index (χ4v) is 3.03. The highest BCUT2D eigenvalue weighted by Gasteiger charge is 2.12. The Morgan fingerprint density at radius 1 is 0.862 bits per heavy atom. The van der Waals surface area contributed by atoms with Gasteiger partial charge in [-0.05, 0) is 30.2 Å². The zero-order valence-corrected chi connectivity index (χ0v) is 16.9. The molecule has 0 saturated carbocycles.